The Hall–Kier alpha value is -4.52. The Morgan fingerprint density at radius 2 is 1.43 bits per heavy atom. The lowest BCUT2D eigenvalue weighted by molar-refractivity contribution is 0.0444. The molecule has 6 rings (SSSR count). The Bertz CT molecular complexity index is 1650. The minimum absolute atomic E-state index is 0.0401. The second kappa shape index (κ2) is 13.0. The highest BCUT2D eigenvalue weighted by molar-refractivity contribution is 7.12. The topological polar surface area (TPSA) is 49.9 Å². The van der Waals surface area contributed by atoms with Gasteiger partial charge >= 0.3 is 0 Å². The maximum absolute atomic E-state index is 14.3. The molecule has 4 aromatic carbocycles. The summed E-state index contributed by atoms with van der Waals surface area (Å²) in [6.07, 6.45) is 1.59. The maximum Gasteiger partial charge on any atom is 0.264 e. The van der Waals surface area contributed by atoms with Gasteiger partial charge in [-0.05, 0) is 47.2 Å². The molecule has 1 aromatic heterocycles. The van der Waals surface area contributed by atoms with Crippen molar-refractivity contribution in [1.82, 2.24) is 9.80 Å². The molecule has 1 amide bonds. The number of rotatable bonds is 9. The normalized spacial score (nSPS) is 15.3. The zero-order valence-corrected chi connectivity index (χ0v) is 24.1. The van der Waals surface area contributed by atoms with Crippen LogP contribution in [0.25, 0.3) is 11.1 Å². The van der Waals surface area contributed by atoms with E-state index in [0.29, 0.717) is 28.5 Å². The summed E-state index contributed by atoms with van der Waals surface area (Å²) in [6, 6.07) is 37.8. The van der Waals surface area contributed by atoms with Gasteiger partial charge in [-0.15, -0.1) is 11.3 Å². The number of aldehydes is 1. The molecule has 0 saturated carbocycles. The number of benzene rings is 4. The number of nitrogens with zero attached hydrogens (tertiary/aromatic N) is 2. The number of thiophene rings is 1. The average Bonchev–Trinajstić information content (AvgIpc) is 3.52. The number of hydrogen-bond acceptors (Lipinski definition) is 5. The molecule has 6 heteroatoms. The fraction of sp³-hybridized carbons (Fsp3) is 0.167. The molecule has 0 N–H and O–H groups in total. The summed E-state index contributed by atoms with van der Waals surface area (Å²) in [4.78, 5) is 31.1. The van der Waals surface area contributed by atoms with Gasteiger partial charge in [0.1, 0.15) is 11.5 Å². The van der Waals surface area contributed by atoms with E-state index in [9.17, 15) is 9.59 Å². The zero-order valence-electron chi connectivity index (χ0n) is 23.3. The third-order valence-electron chi connectivity index (χ3n) is 7.69. The highest BCUT2D eigenvalue weighted by atomic mass is 32.1. The van der Waals surface area contributed by atoms with Crippen LogP contribution in [0, 0.1) is 0 Å². The summed E-state index contributed by atoms with van der Waals surface area (Å²) in [5, 5.41) is 1.97. The Morgan fingerprint density at radius 3 is 2.19 bits per heavy atom. The summed E-state index contributed by atoms with van der Waals surface area (Å²) in [5.41, 5.74) is 4.65. The molecule has 1 fully saturated rings. The van der Waals surface area contributed by atoms with Gasteiger partial charge in [-0.25, -0.2) is 0 Å². The molecule has 0 radical (unpaired) electrons. The molecule has 5 aromatic rings. The minimum Gasteiger partial charge on any atom is -0.456 e. The number of para-hydroxylation sites is 2. The van der Waals surface area contributed by atoms with E-state index >= 15 is 0 Å². The fourth-order valence-corrected chi connectivity index (χ4v) is 6.48. The molecule has 1 saturated heterocycles. The van der Waals surface area contributed by atoms with Gasteiger partial charge in [0.05, 0.1) is 10.4 Å². The largest absolute Gasteiger partial charge is 0.456 e. The number of carbonyl (C=O) groups is 2. The Kier molecular flexibility index (Phi) is 8.54. The molecule has 0 spiro atoms. The van der Waals surface area contributed by atoms with Crippen molar-refractivity contribution in [2.24, 2.45) is 0 Å². The van der Waals surface area contributed by atoms with Gasteiger partial charge in [0, 0.05) is 43.3 Å². The molecule has 210 valence electrons. The summed E-state index contributed by atoms with van der Waals surface area (Å²) in [5.74, 6) is 1.14. The van der Waals surface area contributed by atoms with Crippen LogP contribution < -0.4 is 4.74 Å². The van der Waals surface area contributed by atoms with Crippen LogP contribution >= 0.6 is 11.3 Å². The maximum atomic E-state index is 14.3. The van der Waals surface area contributed by atoms with Gasteiger partial charge in [-0.3, -0.25) is 14.5 Å². The quantitative estimate of drug-likeness (QED) is 0.171. The number of carbonyl (C=O) groups excluding carboxylic acids is 2. The van der Waals surface area contributed by atoms with Crippen LogP contribution in [-0.2, 0) is 13.0 Å². The van der Waals surface area contributed by atoms with Gasteiger partial charge in [-0.2, -0.15) is 0 Å². The molecule has 5 nitrogen and oxygen atoms in total. The Labute approximate surface area is 250 Å². The molecule has 42 heavy (non-hydrogen) atoms. The van der Waals surface area contributed by atoms with E-state index in [2.05, 4.69) is 58.3 Å². The minimum atomic E-state index is 0.0401. The zero-order chi connectivity index (χ0) is 28.7. The number of amides is 1. The molecule has 1 aliphatic rings. The van der Waals surface area contributed by atoms with E-state index in [0.717, 1.165) is 43.5 Å². The fourth-order valence-electron chi connectivity index (χ4n) is 5.62. The second-order valence-electron chi connectivity index (χ2n) is 10.5. The van der Waals surface area contributed by atoms with E-state index in [1.54, 1.807) is 12.1 Å². The number of hydrogen-bond donors (Lipinski definition) is 0. The number of ether oxygens (including phenoxy) is 1. The van der Waals surface area contributed by atoms with Gasteiger partial charge in [0.25, 0.3) is 5.91 Å². The Morgan fingerprint density at radius 1 is 0.762 bits per heavy atom. The summed E-state index contributed by atoms with van der Waals surface area (Å²) in [6.45, 7) is 3.14. The lowest BCUT2D eigenvalue weighted by Gasteiger charge is -2.41. The monoisotopic (exact) mass is 572 g/mol. The molecular weight excluding hydrogens is 540 g/mol. The summed E-state index contributed by atoms with van der Waals surface area (Å²) < 4.78 is 6.25. The highest BCUT2D eigenvalue weighted by Crippen LogP contribution is 2.38. The lowest BCUT2D eigenvalue weighted by atomic mass is 10.00. The van der Waals surface area contributed by atoms with Crippen LogP contribution in [0.4, 0.5) is 0 Å². The molecule has 0 unspecified atom stereocenters. The predicted octanol–water partition coefficient (Wildman–Crippen LogP) is 7.59. The van der Waals surface area contributed by atoms with Crippen LogP contribution in [-0.4, -0.2) is 47.7 Å². The Balaban J connectivity index is 1.28. The molecule has 0 aliphatic carbocycles. The molecule has 2 heterocycles. The molecule has 1 atom stereocenters. The van der Waals surface area contributed by atoms with Crippen molar-refractivity contribution in [1.29, 1.82) is 0 Å². The van der Waals surface area contributed by atoms with Crippen LogP contribution in [0.3, 0.4) is 0 Å². The average molecular weight is 573 g/mol. The van der Waals surface area contributed by atoms with Crippen molar-refractivity contribution in [2.45, 2.75) is 19.0 Å². The van der Waals surface area contributed by atoms with E-state index < -0.39 is 0 Å². The van der Waals surface area contributed by atoms with Crippen LogP contribution in [0.5, 0.6) is 11.5 Å². The van der Waals surface area contributed by atoms with Crippen molar-refractivity contribution in [3.63, 3.8) is 0 Å². The van der Waals surface area contributed by atoms with E-state index in [1.807, 2.05) is 60.0 Å². The lowest BCUT2D eigenvalue weighted by Crippen LogP contribution is -2.55. The first-order valence-corrected chi connectivity index (χ1v) is 15.1. The SMILES string of the molecule is O=Cc1ccccc1Oc1ccccc1-c1ccsc1C(=O)N1CCN(Cc2ccccc2)C[C@H]1Cc1ccccc1. The molecule has 0 bridgehead atoms. The third kappa shape index (κ3) is 6.20. The van der Waals surface area contributed by atoms with Crippen LogP contribution in [0.2, 0.25) is 0 Å². The van der Waals surface area contributed by atoms with E-state index in [1.165, 1.54) is 22.5 Å². The first kappa shape index (κ1) is 27.6. The van der Waals surface area contributed by atoms with E-state index in [4.69, 9.17) is 4.74 Å². The molecular formula is C36H32N2O3S. The first-order chi connectivity index (χ1) is 20.7. The van der Waals surface area contributed by atoms with Gasteiger partial charge < -0.3 is 9.64 Å². The van der Waals surface area contributed by atoms with Gasteiger partial charge in [-0.1, -0.05) is 91.0 Å². The number of piperazine rings is 1. The van der Waals surface area contributed by atoms with Crippen molar-refractivity contribution >= 4 is 23.5 Å². The van der Waals surface area contributed by atoms with Crippen LogP contribution in [0.15, 0.2) is 121 Å². The van der Waals surface area contributed by atoms with Crippen molar-refractivity contribution in [2.75, 3.05) is 19.6 Å². The molecule has 1 aliphatic heterocycles. The van der Waals surface area contributed by atoms with Gasteiger partial charge in [0.15, 0.2) is 6.29 Å². The summed E-state index contributed by atoms with van der Waals surface area (Å²) in [7, 11) is 0. The van der Waals surface area contributed by atoms with Crippen LogP contribution in [0.1, 0.15) is 31.2 Å². The van der Waals surface area contributed by atoms with Crippen molar-refractivity contribution < 1.29 is 14.3 Å². The van der Waals surface area contributed by atoms with Gasteiger partial charge in [0.2, 0.25) is 0 Å². The summed E-state index contributed by atoms with van der Waals surface area (Å²) >= 11 is 1.46. The highest BCUT2D eigenvalue weighted by Gasteiger charge is 2.33. The second-order valence-corrected chi connectivity index (χ2v) is 11.4. The van der Waals surface area contributed by atoms with Crippen molar-refractivity contribution in [3.8, 4) is 22.6 Å². The standard InChI is InChI=1S/C36H32N2O3S/c39-26-29-15-7-9-17-33(29)41-34-18-10-8-16-31(34)32-19-22-42-35(32)36(40)38-21-20-37(24-28-13-5-2-6-14-28)25-30(38)23-27-11-3-1-4-12-27/h1-19,22,26,30H,20-21,23-25H2/t30-/m1/s1. The third-order valence-corrected chi connectivity index (χ3v) is 8.60. The van der Waals surface area contributed by atoms with Crippen molar-refractivity contribution in [3.05, 3.63) is 142 Å². The first-order valence-electron chi connectivity index (χ1n) is 14.2. The predicted molar refractivity (Wildman–Crippen MR) is 168 cm³/mol. The smallest absolute Gasteiger partial charge is 0.264 e. The van der Waals surface area contributed by atoms with E-state index in [-0.39, 0.29) is 11.9 Å².